The summed E-state index contributed by atoms with van der Waals surface area (Å²) in [5.74, 6) is -1.97. The van der Waals surface area contributed by atoms with E-state index in [4.69, 9.17) is 9.84 Å². The second-order valence-electron chi connectivity index (χ2n) is 9.20. The van der Waals surface area contributed by atoms with E-state index in [9.17, 15) is 27.9 Å². The number of piperazine rings is 1. The monoisotopic (exact) mass is 564 g/mol. The molecular formula is C26H36N4O8S. The summed E-state index contributed by atoms with van der Waals surface area (Å²) in [6.07, 6.45) is 2.10. The zero-order chi connectivity index (χ0) is 28.7. The molecule has 0 atom stereocenters. The molecule has 214 valence electrons. The second kappa shape index (κ2) is 13.2. The molecule has 12 nitrogen and oxygen atoms in total. The molecule has 13 heteroatoms. The van der Waals surface area contributed by atoms with Crippen LogP contribution in [0.4, 0.5) is 0 Å². The van der Waals surface area contributed by atoms with Gasteiger partial charge in [-0.25, -0.2) is 17.9 Å². The number of ether oxygens (including phenoxy) is 1. The van der Waals surface area contributed by atoms with Gasteiger partial charge in [-0.3, -0.25) is 15.0 Å². The molecule has 2 aromatic rings. The van der Waals surface area contributed by atoms with Gasteiger partial charge in [-0.15, -0.1) is 0 Å². The molecule has 3 N–H and O–H groups in total. The van der Waals surface area contributed by atoms with Crippen molar-refractivity contribution in [3.63, 3.8) is 0 Å². The topological polar surface area (TPSA) is 158 Å². The maximum absolute atomic E-state index is 13.5. The quantitative estimate of drug-likeness (QED) is 0.308. The highest BCUT2D eigenvalue weighted by Gasteiger charge is 2.31. The molecular weight excluding hydrogens is 528 g/mol. The number of carboxylic acid groups (broad SMARTS) is 1. The molecule has 39 heavy (non-hydrogen) atoms. The number of aromatic nitrogens is 1. The normalized spacial score (nSPS) is 14.8. The summed E-state index contributed by atoms with van der Waals surface area (Å²) < 4.78 is 34.9. The van der Waals surface area contributed by atoms with E-state index < -0.39 is 21.9 Å². The summed E-state index contributed by atoms with van der Waals surface area (Å²) in [6, 6.07) is 4.01. The summed E-state index contributed by atoms with van der Waals surface area (Å²) in [7, 11) is -3.94. The Kier molecular flexibility index (Phi) is 10.2. The molecule has 0 radical (unpaired) electrons. The highest BCUT2D eigenvalue weighted by Crippen LogP contribution is 2.27. The first-order chi connectivity index (χ1) is 18.6. The van der Waals surface area contributed by atoms with Crippen LogP contribution in [0.5, 0.6) is 5.75 Å². The predicted molar refractivity (Wildman–Crippen MR) is 144 cm³/mol. The van der Waals surface area contributed by atoms with Crippen LogP contribution in [0.3, 0.4) is 0 Å². The maximum atomic E-state index is 13.5. The number of hydrogen-bond donors (Lipinski definition) is 3. The fourth-order valence-corrected chi connectivity index (χ4v) is 6.16. The molecule has 1 aliphatic rings. The van der Waals surface area contributed by atoms with Gasteiger partial charge in [-0.1, -0.05) is 13.3 Å². The van der Waals surface area contributed by atoms with Gasteiger partial charge in [0.05, 0.1) is 22.8 Å². The number of benzene rings is 1. The van der Waals surface area contributed by atoms with Crippen LogP contribution >= 0.6 is 0 Å². The smallest absolute Gasteiger partial charge is 0.354 e. The van der Waals surface area contributed by atoms with Gasteiger partial charge in [0.15, 0.2) is 12.0 Å². The van der Waals surface area contributed by atoms with Crippen LogP contribution in [0.25, 0.3) is 0 Å². The first-order valence-electron chi connectivity index (χ1n) is 12.9. The van der Waals surface area contributed by atoms with Gasteiger partial charge >= 0.3 is 5.97 Å². The third-order valence-electron chi connectivity index (χ3n) is 6.68. The van der Waals surface area contributed by atoms with E-state index in [0.29, 0.717) is 50.9 Å². The van der Waals surface area contributed by atoms with Crippen molar-refractivity contribution >= 4 is 28.2 Å². The highest BCUT2D eigenvalue weighted by molar-refractivity contribution is 7.89. The van der Waals surface area contributed by atoms with Crippen LogP contribution in [-0.2, 0) is 16.4 Å². The predicted octanol–water partition coefficient (Wildman–Crippen LogP) is 1.73. The highest BCUT2D eigenvalue weighted by atomic mass is 32.2. The van der Waals surface area contributed by atoms with Crippen LogP contribution in [-0.4, -0.2) is 96.6 Å². The van der Waals surface area contributed by atoms with Gasteiger partial charge in [0.2, 0.25) is 10.0 Å². The molecule has 1 aromatic carbocycles. The van der Waals surface area contributed by atoms with E-state index in [1.807, 2.05) is 6.92 Å². The van der Waals surface area contributed by atoms with Crippen LogP contribution in [0.15, 0.2) is 23.1 Å². The van der Waals surface area contributed by atoms with Gasteiger partial charge in [-0.2, -0.15) is 4.31 Å². The largest absolute Gasteiger partial charge is 0.493 e. The number of rotatable bonds is 13. The van der Waals surface area contributed by atoms with E-state index in [0.717, 1.165) is 4.68 Å². The molecule has 1 saturated heterocycles. The second-order valence-corrected chi connectivity index (χ2v) is 11.1. The van der Waals surface area contributed by atoms with Crippen molar-refractivity contribution in [1.29, 1.82) is 0 Å². The number of aliphatic hydroxyl groups is 1. The van der Waals surface area contributed by atoms with Crippen LogP contribution < -0.4 is 10.2 Å². The Morgan fingerprint density at radius 1 is 1.15 bits per heavy atom. The number of aromatic carboxylic acids is 1. The molecule has 1 aromatic heterocycles. The van der Waals surface area contributed by atoms with Gasteiger partial charge in [0.25, 0.3) is 5.91 Å². The van der Waals surface area contributed by atoms with Crippen molar-refractivity contribution in [3.8, 4) is 5.75 Å². The average molecular weight is 565 g/mol. The molecule has 1 amide bonds. The number of aliphatic hydroxyl groups excluding tert-OH is 1. The number of sulfonamides is 1. The van der Waals surface area contributed by atoms with Gasteiger partial charge in [-0.05, 0) is 50.5 Å². The van der Waals surface area contributed by atoms with E-state index in [-0.39, 0.29) is 59.3 Å². The standard InChI is InChI=1S/C26H36N4O8S/c1-4-7-22-21(17-32)18(3)24(26(34)35)30(22)27-25(33)20-16-19(8-9-23(20)38-5-2)39(36,37)29-13-11-28(12-14-29)10-6-15-31/h8-9,16-17,31H,4-7,10-15H2,1-3H3,(H,27,33)(H,34,35). The molecule has 0 aliphatic carbocycles. The Bertz CT molecular complexity index is 1310. The van der Waals surface area contributed by atoms with E-state index >= 15 is 0 Å². The van der Waals surface area contributed by atoms with Gasteiger partial charge in [0.1, 0.15) is 5.75 Å². The lowest BCUT2D eigenvalue weighted by Gasteiger charge is -2.33. The summed E-state index contributed by atoms with van der Waals surface area (Å²) in [5.41, 5.74) is 2.98. The Morgan fingerprint density at radius 2 is 1.85 bits per heavy atom. The lowest BCUT2D eigenvalue weighted by molar-refractivity contribution is 0.0685. The minimum atomic E-state index is -3.94. The molecule has 2 heterocycles. The Labute approximate surface area is 228 Å². The summed E-state index contributed by atoms with van der Waals surface area (Å²) in [6.45, 7) is 7.61. The number of carboxylic acids is 1. The fourth-order valence-electron chi connectivity index (χ4n) is 4.71. The lowest BCUT2D eigenvalue weighted by atomic mass is 10.1. The molecule has 0 spiro atoms. The summed E-state index contributed by atoms with van der Waals surface area (Å²) in [5, 5.41) is 18.9. The van der Waals surface area contributed by atoms with Crippen molar-refractivity contribution in [2.45, 2.75) is 44.9 Å². The molecule has 0 bridgehead atoms. The van der Waals surface area contributed by atoms with Crippen molar-refractivity contribution in [3.05, 3.63) is 46.3 Å². The molecule has 0 saturated carbocycles. The maximum Gasteiger partial charge on any atom is 0.354 e. The van der Waals surface area contributed by atoms with Gasteiger partial charge in [0, 0.05) is 44.9 Å². The van der Waals surface area contributed by atoms with Crippen molar-refractivity contribution in [1.82, 2.24) is 13.9 Å². The zero-order valence-electron chi connectivity index (χ0n) is 22.5. The molecule has 1 fully saturated rings. The Hall–Kier alpha value is -3.26. The number of aldehydes is 1. The minimum absolute atomic E-state index is 0.0719. The van der Waals surface area contributed by atoms with Gasteiger partial charge < -0.3 is 19.8 Å². The average Bonchev–Trinajstić information content (AvgIpc) is 3.17. The molecule has 1 aliphatic heterocycles. The Morgan fingerprint density at radius 3 is 2.41 bits per heavy atom. The molecule has 3 rings (SSSR count). The number of carbonyl (C=O) groups excluding carboxylic acids is 2. The molecule has 0 unspecified atom stereocenters. The van der Waals surface area contributed by atoms with E-state index in [1.165, 1.54) is 29.4 Å². The van der Waals surface area contributed by atoms with E-state index in [1.54, 1.807) is 6.92 Å². The van der Waals surface area contributed by atoms with E-state index in [2.05, 4.69) is 10.3 Å². The van der Waals surface area contributed by atoms with Crippen LogP contribution in [0.1, 0.15) is 69.2 Å². The number of nitrogens with zero attached hydrogens (tertiary/aromatic N) is 3. The number of amides is 1. The van der Waals surface area contributed by atoms with Crippen LogP contribution in [0.2, 0.25) is 0 Å². The first-order valence-corrected chi connectivity index (χ1v) is 14.4. The first kappa shape index (κ1) is 30.3. The summed E-state index contributed by atoms with van der Waals surface area (Å²) >= 11 is 0. The van der Waals surface area contributed by atoms with Crippen molar-refractivity contribution in [2.75, 3.05) is 51.4 Å². The third kappa shape index (κ3) is 6.49. The Balaban J connectivity index is 1.98. The van der Waals surface area contributed by atoms with Crippen molar-refractivity contribution < 1.29 is 37.8 Å². The minimum Gasteiger partial charge on any atom is -0.493 e. The lowest BCUT2D eigenvalue weighted by Crippen LogP contribution is -2.48. The number of carbonyl (C=O) groups is 3. The van der Waals surface area contributed by atoms with Crippen molar-refractivity contribution in [2.24, 2.45) is 0 Å². The zero-order valence-corrected chi connectivity index (χ0v) is 23.3. The fraction of sp³-hybridized carbons (Fsp3) is 0.500. The SMILES string of the molecule is CCCc1c(C=O)c(C)c(C(=O)O)n1NC(=O)c1cc(S(=O)(=O)N2CCN(CCCO)CC2)ccc1OCC. The summed E-state index contributed by atoms with van der Waals surface area (Å²) in [4.78, 5) is 39.3. The number of hydrogen-bond acceptors (Lipinski definition) is 8. The van der Waals surface area contributed by atoms with Crippen LogP contribution in [0, 0.1) is 6.92 Å². The third-order valence-corrected chi connectivity index (χ3v) is 8.58. The number of nitrogens with one attached hydrogen (secondary N) is 1.